The average Bonchev–Trinajstić information content (AvgIpc) is 3.44. The monoisotopic (exact) mass is 477 g/mol. The van der Waals surface area contributed by atoms with Gasteiger partial charge in [0, 0.05) is 12.1 Å². The number of aliphatic hydroxyl groups is 1. The molecule has 1 fully saturated rings. The summed E-state index contributed by atoms with van der Waals surface area (Å²) in [6, 6.07) is 13.6. The lowest BCUT2D eigenvalue weighted by Crippen LogP contribution is -2.31. The van der Waals surface area contributed by atoms with Crippen LogP contribution in [0, 0.1) is 18.7 Å². The number of ether oxygens (including phenoxy) is 1. The van der Waals surface area contributed by atoms with Crippen LogP contribution in [0.5, 0.6) is 5.75 Å². The lowest BCUT2D eigenvalue weighted by atomic mass is 9.98. The maximum atomic E-state index is 13.3. The van der Waals surface area contributed by atoms with E-state index in [0.717, 1.165) is 11.1 Å². The molecule has 1 aliphatic rings. The van der Waals surface area contributed by atoms with Gasteiger partial charge in [0.25, 0.3) is 11.7 Å². The Labute approximate surface area is 203 Å². The molecule has 0 spiro atoms. The minimum atomic E-state index is -0.873. The molecular formula is C28H28FNO5. The number of Topliss-reactive ketones (excluding diaryl/α,β-unsaturated/α-hetero) is 1. The Morgan fingerprint density at radius 1 is 1.14 bits per heavy atom. The maximum Gasteiger partial charge on any atom is 0.295 e. The van der Waals surface area contributed by atoms with Crippen molar-refractivity contribution >= 4 is 17.4 Å². The summed E-state index contributed by atoms with van der Waals surface area (Å²) < 4.78 is 24.6. The molecule has 2 heterocycles. The third-order valence-corrected chi connectivity index (χ3v) is 5.93. The molecular weight excluding hydrogens is 449 g/mol. The van der Waals surface area contributed by atoms with Crippen LogP contribution in [0.4, 0.5) is 4.39 Å². The summed E-state index contributed by atoms with van der Waals surface area (Å²) >= 11 is 0. The van der Waals surface area contributed by atoms with Crippen molar-refractivity contribution in [3.8, 4) is 5.75 Å². The second-order valence-corrected chi connectivity index (χ2v) is 9.07. The molecule has 7 heteroatoms. The van der Waals surface area contributed by atoms with Crippen molar-refractivity contribution in [2.45, 2.75) is 33.2 Å². The van der Waals surface area contributed by atoms with E-state index in [-0.39, 0.29) is 23.7 Å². The van der Waals surface area contributed by atoms with Crippen LogP contribution in [0.25, 0.3) is 5.76 Å². The predicted molar refractivity (Wildman–Crippen MR) is 129 cm³/mol. The molecule has 35 heavy (non-hydrogen) atoms. The normalized spacial score (nSPS) is 17.4. The number of hydrogen-bond acceptors (Lipinski definition) is 5. The number of amides is 1. The molecule has 0 saturated carbocycles. The van der Waals surface area contributed by atoms with Crippen molar-refractivity contribution in [1.82, 2.24) is 4.90 Å². The first-order valence-corrected chi connectivity index (χ1v) is 11.6. The van der Waals surface area contributed by atoms with Crippen molar-refractivity contribution < 1.29 is 28.2 Å². The minimum absolute atomic E-state index is 0.0284. The first-order valence-electron chi connectivity index (χ1n) is 11.6. The third kappa shape index (κ3) is 5.14. The number of likely N-dealkylation sites (tertiary alicyclic amines) is 1. The van der Waals surface area contributed by atoms with E-state index in [1.54, 1.807) is 42.5 Å². The number of furan rings is 1. The lowest BCUT2D eigenvalue weighted by molar-refractivity contribution is -0.140. The van der Waals surface area contributed by atoms with E-state index in [1.807, 2.05) is 6.92 Å². The maximum absolute atomic E-state index is 13.3. The van der Waals surface area contributed by atoms with Crippen molar-refractivity contribution in [3.05, 3.63) is 94.7 Å². The zero-order chi connectivity index (χ0) is 25.1. The number of benzene rings is 2. The van der Waals surface area contributed by atoms with Gasteiger partial charge in [0.2, 0.25) is 0 Å². The van der Waals surface area contributed by atoms with Crippen LogP contribution in [0.3, 0.4) is 0 Å². The van der Waals surface area contributed by atoms with Gasteiger partial charge in [0.15, 0.2) is 0 Å². The highest BCUT2D eigenvalue weighted by atomic mass is 19.1. The van der Waals surface area contributed by atoms with Crippen LogP contribution in [-0.4, -0.2) is 34.8 Å². The number of hydrogen-bond donors (Lipinski definition) is 1. The van der Waals surface area contributed by atoms with Gasteiger partial charge in [-0.25, -0.2) is 4.39 Å². The molecule has 1 amide bonds. The highest BCUT2D eigenvalue weighted by Gasteiger charge is 2.47. The zero-order valence-electron chi connectivity index (χ0n) is 20.0. The van der Waals surface area contributed by atoms with Crippen LogP contribution in [0.2, 0.25) is 0 Å². The highest BCUT2D eigenvalue weighted by Crippen LogP contribution is 2.40. The van der Waals surface area contributed by atoms with E-state index in [2.05, 4.69) is 13.8 Å². The van der Waals surface area contributed by atoms with Gasteiger partial charge in [-0.1, -0.05) is 26.0 Å². The molecule has 1 unspecified atom stereocenters. The Morgan fingerprint density at radius 3 is 2.51 bits per heavy atom. The van der Waals surface area contributed by atoms with Gasteiger partial charge in [-0.2, -0.15) is 0 Å². The molecule has 1 aromatic heterocycles. The van der Waals surface area contributed by atoms with E-state index in [4.69, 9.17) is 9.15 Å². The van der Waals surface area contributed by atoms with Gasteiger partial charge in [-0.15, -0.1) is 0 Å². The lowest BCUT2D eigenvalue weighted by Gasteiger charge is -2.23. The molecule has 0 radical (unpaired) electrons. The molecule has 1 aliphatic heterocycles. The van der Waals surface area contributed by atoms with E-state index >= 15 is 0 Å². The number of rotatable bonds is 8. The molecule has 182 valence electrons. The minimum Gasteiger partial charge on any atom is -0.507 e. The van der Waals surface area contributed by atoms with E-state index in [0.29, 0.717) is 36.0 Å². The summed E-state index contributed by atoms with van der Waals surface area (Å²) in [6.07, 6.45) is 1.87. The Hall–Kier alpha value is -3.87. The van der Waals surface area contributed by atoms with Gasteiger partial charge in [0.05, 0.1) is 18.4 Å². The molecule has 3 aromatic rings. The smallest absolute Gasteiger partial charge is 0.295 e. The summed E-state index contributed by atoms with van der Waals surface area (Å²) in [5.74, 6) is -0.685. The second-order valence-electron chi connectivity index (χ2n) is 9.07. The Balaban J connectivity index is 1.68. The summed E-state index contributed by atoms with van der Waals surface area (Å²) in [5, 5.41) is 11.2. The average molecular weight is 478 g/mol. The summed E-state index contributed by atoms with van der Waals surface area (Å²) in [5.41, 5.74) is 2.00. The van der Waals surface area contributed by atoms with Gasteiger partial charge < -0.3 is 19.2 Å². The number of ketones is 1. The first kappa shape index (κ1) is 24.3. The number of carbonyl (C=O) groups excluding carboxylic acids is 2. The molecule has 0 bridgehead atoms. The summed E-state index contributed by atoms with van der Waals surface area (Å²) in [4.78, 5) is 27.5. The molecule has 2 aromatic carbocycles. The number of halogens is 1. The predicted octanol–water partition coefficient (Wildman–Crippen LogP) is 5.43. The Bertz CT molecular complexity index is 1240. The fourth-order valence-corrected chi connectivity index (χ4v) is 4.12. The van der Waals surface area contributed by atoms with Gasteiger partial charge >= 0.3 is 0 Å². The van der Waals surface area contributed by atoms with E-state index in [1.165, 1.54) is 23.3 Å². The van der Waals surface area contributed by atoms with Crippen LogP contribution in [-0.2, 0) is 16.0 Å². The largest absolute Gasteiger partial charge is 0.507 e. The molecule has 1 atom stereocenters. The van der Waals surface area contributed by atoms with E-state index in [9.17, 15) is 19.1 Å². The number of aryl methyl sites for hydroxylation is 1. The van der Waals surface area contributed by atoms with Crippen molar-refractivity contribution in [2.75, 3.05) is 13.2 Å². The van der Waals surface area contributed by atoms with E-state index < -0.39 is 17.7 Å². The fourth-order valence-electron chi connectivity index (χ4n) is 4.12. The Kier molecular flexibility index (Phi) is 7.05. The molecule has 4 rings (SSSR count). The van der Waals surface area contributed by atoms with Crippen molar-refractivity contribution in [1.29, 1.82) is 0 Å². The quantitative estimate of drug-likeness (QED) is 0.266. The van der Waals surface area contributed by atoms with Gasteiger partial charge in [0.1, 0.15) is 29.1 Å². The summed E-state index contributed by atoms with van der Waals surface area (Å²) in [7, 11) is 0. The molecule has 1 saturated heterocycles. The van der Waals surface area contributed by atoms with Crippen LogP contribution < -0.4 is 4.74 Å². The molecule has 0 aliphatic carbocycles. The van der Waals surface area contributed by atoms with Gasteiger partial charge in [-0.05, 0) is 72.9 Å². The molecule has 1 N–H and O–H groups in total. The SMILES string of the molecule is Cc1cc(/C(O)=C2/C(=O)C(=O)N(CCc3ccc(F)cc3)C2c2ccco2)ccc1OCC(C)C. The number of carbonyl (C=O) groups is 2. The topological polar surface area (TPSA) is 80.0 Å². The zero-order valence-corrected chi connectivity index (χ0v) is 20.0. The summed E-state index contributed by atoms with van der Waals surface area (Å²) in [6.45, 7) is 6.72. The van der Waals surface area contributed by atoms with Crippen molar-refractivity contribution in [3.63, 3.8) is 0 Å². The standard InChI is InChI=1S/C28H28FNO5/c1-17(2)16-35-22-11-8-20(15-18(22)3)26(31)24-25(23-5-4-14-34-23)30(28(33)27(24)32)13-12-19-6-9-21(29)10-7-19/h4-11,14-15,17,25,31H,12-13,16H2,1-3H3/b26-24-. The van der Waals surface area contributed by atoms with Crippen LogP contribution >= 0.6 is 0 Å². The van der Waals surface area contributed by atoms with Crippen molar-refractivity contribution in [2.24, 2.45) is 5.92 Å². The molecule has 6 nitrogen and oxygen atoms in total. The Morgan fingerprint density at radius 2 is 1.89 bits per heavy atom. The third-order valence-electron chi connectivity index (χ3n) is 5.93. The highest BCUT2D eigenvalue weighted by molar-refractivity contribution is 6.46. The second kappa shape index (κ2) is 10.2. The van der Waals surface area contributed by atoms with Crippen LogP contribution in [0.1, 0.15) is 42.3 Å². The van der Waals surface area contributed by atoms with Gasteiger partial charge in [-0.3, -0.25) is 9.59 Å². The first-order chi connectivity index (χ1) is 16.8. The number of aliphatic hydroxyl groups excluding tert-OH is 1. The fraction of sp³-hybridized carbons (Fsp3) is 0.286. The number of nitrogens with zero attached hydrogens (tertiary/aromatic N) is 1. The van der Waals surface area contributed by atoms with Crippen LogP contribution in [0.15, 0.2) is 70.9 Å².